The van der Waals surface area contributed by atoms with E-state index in [0.29, 0.717) is 14.3 Å². The number of hydrogen-bond acceptors (Lipinski definition) is 3. The highest BCUT2D eigenvalue weighted by atomic mass is 79.9. The molecule has 1 aromatic heterocycles. The molecule has 0 fully saturated rings. The molecule has 23 heavy (non-hydrogen) atoms. The van der Waals surface area contributed by atoms with E-state index in [0.717, 1.165) is 0 Å². The van der Waals surface area contributed by atoms with Crippen molar-refractivity contribution >= 4 is 26.0 Å². The molecule has 0 aliphatic rings. The molecule has 126 valence electrons. The molecule has 1 aromatic carbocycles. The number of nitrogens with zero attached hydrogens (tertiary/aromatic N) is 1. The van der Waals surface area contributed by atoms with Crippen LogP contribution in [0, 0.1) is 6.92 Å². The molecule has 0 aliphatic heterocycles. The standard InChI is InChI=1S/C14H13BrF3NO3S/c1-10-7-12(4-5-13(10)15)23(20,21)19(9-14(16,17)18)8-11-3-2-6-22-11/h2-7H,8-9H2,1H3. The number of sulfonamides is 1. The van der Waals surface area contributed by atoms with Gasteiger partial charge in [-0.05, 0) is 42.8 Å². The summed E-state index contributed by atoms with van der Waals surface area (Å²) in [6.07, 6.45) is -3.39. The monoisotopic (exact) mass is 411 g/mol. The third kappa shape index (κ3) is 4.58. The van der Waals surface area contributed by atoms with Gasteiger partial charge in [0.25, 0.3) is 0 Å². The molecule has 0 bridgehead atoms. The predicted molar refractivity (Wildman–Crippen MR) is 81.2 cm³/mol. The van der Waals surface area contributed by atoms with Gasteiger partial charge in [0, 0.05) is 4.47 Å². The second-order valence-corrected chi connectivity index (χ2v) is 7.67. The molecule has 0 saturated heterocycles. The first-order valence-corrected chi connectivity index (χ1v) is 8.68. The first-order chi connectivity index (χ1) is 10.6. The van der Waals surface area contributed by atoms with E-state index in [9.17, 15) is 21.6 Å². The molecule has 0 saturated carbocycles. The Morgan fingerprint density at radius 2 is 1.96 bits per heavy atom. The minimum Gasteiger partial charge on any atom is -0.468 e. The van der Waals surface area contributed by atoms with Crippen LogP contribution in [0.15, 0.2) is 50.4 Å². The zero-order chi connectivity index (χ0) is 17.3. The lowest BCUT2D eigenvalue weighted by atomic mass is 10.2. The first kappa shape index (κ1) is 18.0. The lowest BCUT2D eigenvalue weighted by Crippen LogP contribution is -2.38. The number of aryl methyl sites for hydroxylation is 1. The van der Waals surface area contributed by atoms with Crippen LogP contribution in [0.4, 0.5) is 13.2 Å². The lowest BCUT2D eigenvalue weighted by molar-refractivity contribution is -0.137. The highest BCUT2D eigenvalue weighted by Gasteiger charge is 2.37. The maximum absolute atomic E-state index is 12.8. The van der Waals surface area contributed by atoms with Crippen molar-refractivity contribution < 1.29 is 26.0 Å². The minimum atomic E-state index is -4.66. The quantitative estimate of drug-likeness (QED) is 0.743. The summed E-state index contributed by atoms with van der Waals surface area (Å²) in [4.78, 5) is -0.200. The second-order valence-electron chi connectivity index (χ2n) is 4.88. The van der Waals surface area contributed by atoms with Crippen molar-refractivity contribution in [3.63, 3.8) is 0 Å². The van der Waals surface area contributed by atoms with Gasteiger partial charge in [-0.1, -0.05) is 15.9 Å². The molecular weight excluding hydrogens is 399 g/mol. The van der Waals surface area contributed by atoms with E-state index in [1.54, 1.807) is 6.92 Å². The fourth-order valence-corrected chi connectivity index (χ4v) is 3.65. The highest BCUT2D eigenvalue weighted by Crippen LogP contribution is 2.27. The summed E-state index contributed by atoms with van der Waals surface area (Å²) in [5, 5.41) is 0. The largest absolute Gasteiger partial charge is 0.468 e. The summed E-state index contributed by atoms with van der Waals surface area (Å²) in [5.41, 5.74) is 0.607. The van der Waals surface area contributed by atoms with Gasteiger partial charge in [0.2, 0.25) is 10.0 Å². The summed E-state index contributed by atoms with van der Waals surface area (Å²) < 4.78 is 69.5. The van der Waals surface area contributed by atoms with Gasteiger partial charge in [-0.3, -0.25) is 0 Å². The van der Waals surface area contributed by atoms with E-state index in [2.05, 4.69) is 15.9 Å². The molecule has 0 spiro atoms. The number of furan rings is 1. The molecule has 2 rings (SSSR count). The summed E-state index contributed by atoms with van der Waals surface area (Å²) in [6.45, 7) is -0.432. The van der Waals surface area contributed by atoms with Crippen molar-refractivity contribution in [1.82, 2.24) is 4.31 Å². The number of benzene rings is 1. The topological polar surface area (TPSA) is 50.5 Å². The Bertz CT molecular complexity index is 773. The van der Waals surface area contributed by atoms with E-state index in [-0.39, 0.29) is 10.7 Å². The van der Waals surface area contributed by atoms with Gasteiger partial charge in [0.1, 0.15) is 12.3 Å². The molecule has 1 heterocycles. The van der Waals surface area contributed by atoms with Gasteiger partial charge in [-0.2, -0.15) is 17.5 Å². The Morgan fingerprint density at radius 1 is 1.26 bits per heavy atom. The Labute approximate surface area is 140 Å². The van der Waals surface area contributed by atoms with Gasteiger partial charge in [0.15, 0.2) is 0 Å². The molecular formula is C14H13BrF3NO3S. The van der Waals surface area contributed by atoms with Gasteiger partial charge in [-0.15, -0.1) is 0 Å². The number of alkyl halides is 3. The maximum Gasteiger partial charge on any atom is 0.402 e. The molecule has 4 nitrogen and oxygen atoms in total. The van der Waals surface area contributed by atoms with Gasteiger partial charge < -0.3 is 4.42 Å². The van der Waals surface area contributed by atoms with E-state index in [1.165, 1.54) is 36.6 Å². The van der Waals surface area contributed by atoms with Crippen molar-refractivity contribution in [2.75, 3.05) is 6.54 Å². The van der Waals surface area contributed by atoms with Crippen LogP contribution in [0.3, 0.4) is 0 Å². The lowest BCUT2D eigenvalue weighted by Gasteiger charge is -2.22. The number of rotatable bonds is 5. The Hall–Kier alpha value is -1.32. The second kappa shape index (κ2) is 6.66. The van der Waals surface area contributed by atoms with Crippen LogP contribution < -0.4 is 0 Å². The van der Waals surface area contributed by atoms with E-state index < -0.39 is 29.3 Å². The van der Waals surface area contributed by atoms with Crippen molar-refractivity contribution in [3.8, 4) is 0 Å². The Balaban J connectivity index is 2.40. The summed E-state index contributed by atoms with van der Waals surface area (Å²) in [5.74, 6) is 0.131. The number of halogens is 4. The Morgan fingerprint density at radius 3 is 2.48 bits per heavy atom. The molecule has 9 heteroatoms. The zero-order valence-electron chi connectivity index (χ0n) is 12.0. The smallest absolute Gasteiger partial charge is 0.402 e. The van der Waals surface area contributed by atoms with Crippen LogP contribution in [0.2, 0.25) is 0 Å². The van der Waals surface area contributed by atoms with E-state index in [1.807, 2.05) is 0 Å². The first-order valence-electron chi connectivity index (χ1n) is 6.45. The van der Waals surface area contributed by atoms with Crippen LogP contribution in [-0.2, 0) is 16.6 Å². The third-order valence-electron chi connectivity index (χ3n) is 3.04. The van der Waals surface area contributed by atoms with Crippen LogP contribution in [0.25, 0.3) is 0 Å². The molecule has 0 amide bonds. The molecule has 0 aliphatic carbocycles. The van der Waals surface area contributed by atoms with Crippen LogP contribution >= 0.6 is 15.9 Å². The fraction of sp³-hybridized carbons (Fsp3) is 0.286. The summed E-state index contributed by atoms with van der Waals surface area (Å²) in [6, 6.07) is 6.98. The number of hydrogen-bond donors (Lipinski definition) is 0. The third-order valence-corrected chi connectivity index (χ3v) is 5.71. The Kier molecular flexibility index (Phi) is 5.22. The van der Waals surface area contributed by atoms with E-state index >= 15 is 0 Å². The highest BCUT2D eigenvalue weighted by molar-refractivity contribution is 9.10. The van der Waals surface area contributed by atoms with Crippen molar-refractivity contribution in [3.05, 3.63) is 52.4 Å². The molecule has 0 N–H and O–H groups in total. The molecule has 0 unspecified atom stereocenters. The van der Waals surface area contributed by atoms with Crippen molar-refractivity contribution in [2.24, 2.45) is 0 Å². The van der Waals surface area contributed by atoms with Crippen molar-refractivity contribution in [2.45, 2.75) is 24.5 Å². The normalized spacial score (nSPS) is 12.8. The van der Waals surface area contributed by atoms with Crippen molar-refractivity contribution in [1.29, 1.82) is 0 Å². The van der Waals surface area contributed by atoms with Crippen LogP contribution in [0.1, 0.15) is 11.3 Å². The van der Waals surface area contributed by atoms with Crippen LogP contribution in [-0.4, -0.2) is 25.4 Å². The summed E-state index contributed by atoms with van der Waals surface area (Å²) in [7, 11) is -4.32. The molecule has 0 atom stereocenters. The summed E-state index contributed by atoms with van der Waals surface area (Å²) >= 11 is 3.23. The van der Waals surface area contributed by atoms with Gasteiger partial charge >= 0.3 is 6.18 Å². The van der Waals surface area contributed by atoms with Crippen LogP contribution in [0.5, 0.6) is 0 Å². The maximum atomic E-state index is 12.8. The van der Waals surface area contributed by atoms with E-state index in [4.69, 9.17) is 4.42 Å². The SMILES string of the molecule is Cc1cc(S(=O)(=O)N(Cc2ccco2)CC(F)(F)F)ccc1Br. The predicted octanol–water partition coefficient (Wildman–Crippen LogP) is 4.10. The molecule has 0 radical (unpaired) electrons. The zero-order valence-corrected chi connectivity index (χ0v) is 14.4. The molecule has 2 aromatic rings. The van der Waals surface area contributed by atoms with Gasteiger partial charge in [0.05, 0.1) is 17.7 Å². The minimum absolute atomic E-state index is 0.131. The fourth-order valence-electron chi connectivity index (χ4n) is 1.93. The van der Waals surface area contributed by atoms with Gasteiger partial charge in [-0.25, -0.2) is 8.42 Å². The average Bonchev–Trinajstić information content (AvgIpc) is 2.92. The average molecular weight is 412 g/mol.